The highest BCUT2D eigenvalue weighted by Crippen LogP contribution is 2.20. The minimum Gasteiger partial charge on any atom is -0.383 e. The summed E-state index contributed by atoms with van der Waals surface area (Å²) in [6.45, 7) is 0.838. The second-order valence-corrected chi connectivity index (χ2v) is 6.90. The van der Waals surface area contributed by atoms with E-state index in [4.69, 9.17) is 4.74 Å². The van der Waals surface area contributed by atoms with Gasteiger partial charge in [0, 0.05) is 24.6 Å². The molecule has 0 radical (unpaired) electrons. The van der Waals surface area contributed by atoms with Gasteiger partial charge in [0.25, 0.3) is 5.91 Å². The number of para-hydroxylation sites is 1. The molecule has 0 saturated heterocycles. The minimum absolute atomic E-state index is 0.331. The van der Waals surface area contributed by atoms with E-state index >= 15 is 0 Å². The Hall–Kier alpha value is -2.09. The first-order chi connectivity index (χ1) is 11.7. The van der Waals surface area contributed by atoms with Crippen LogP contribution in [-0.4, -0.2) is 24.2 Å². The van der Waals surface area contributed by atoms with Crippen LogP contribution < -0.4 is 4.80 Å². The van der Waals surface area contributed by atoms with Crippen molar-refractivity contribution in [2.75, 3.05) is 13.7 Å². The summed E-state index contributed by atoms with van der Waals surface area (Å²) in [5, 5.41) is 1.94. The molecule has 0 aliphatic carbocycles. The SMILES string of the molecule is COCCn1c(=NC(=O)C=Cc2cccs2)sc2cccc(F)c21. The van der Waals surface area contributed by atoms with Gasteiger partial charge < -0.3 is 9.30 Å². The van der Waals surface area contributed by atoms with Gasteiger partial charge in [0.1, 0.15) is 5.82 Å². The summed E-state index contributed by atoms with van der Waals surface area (Å²) < 4.78 is 21.7. The van der Waals surface area contributed by atoms with Crippen molar-refractivity contribution in [2.45, 2.75) is 6.54 Å². The molecule has 0 fully saturated rings. The Morgan fingerprint density at radius 3 is 3.00 bits per heavy atom. The van der Waals surface area contributed by atoms with Crippen LogP contribution in [0.1, 0.15) is 4.88 Å². The number of hydrogen-bond donors (Lipinski definition) is 0. The number of thiazole rings is 1. The fourth-order valence-corrected chi connectivity index (χ4v) is 3.93. The van der Waals surface area contributed by atoms with E-state index < -0.39 is 0 Å². The average Bonchev–Trinajstić information content (AvgIpc) is 3.19. The maximum atomic E-state index is 14.2. The number of nitrogens with zero attached hydrogens (tertiary/aromatic N) is 2. The maximum absolute atomic E-state index is 14.2. The molecule has 0 bridgehead atoms. The van der Waals surface area contributed by atoms with Crippen LogP contribution >= 0.6 is 22.7 Å². The quantitative estimate of drug-likeness (QED) is 0.650. The second-order valence-electron chi connectivity index (χ2n) is 4.91. The van der Waals surface area contributed by atoms with Crippen LogP contribution in [0, 0.1) is 5.82 Å². The zero-order chi connectivity index (χ0) is 16.9. The molecule has 2 heterocycles. The molecule has 1 aromatic carbocycles. The predicted molar refractivity (Wildman–Crippen MR) is 95.6 cm³/mol. The number of methoxy groups -OCH3 is 1. The van der Waals surface area contributed by atoms with E-state index in [1.807, 2.05) is 23.6 Å². The summed E-state index contributed by atoms with van der Waals surface area (Å²) in [5.41, 5.74) is 0.452. The first-order valence-electron chi connectivity index (χ1n) is 7.26. The summed E-state index contributed by atoms with van der Waals surface area (Å²) in [4.78, 5) is 17.7. The van der Waals surface area contributed by atoms with Crippen LogP contribution in [0.15, 0.2) is 46.8 Å². The van der Waals surface area contributed by atoms with Crippen molar-refractivity contribution < 1.29 is 13.9 Å². The number of aromatic nitrogens is 1. The molecule has 4 nitrogen and oxygen atoms in total. The summed E-state index contributed by atoms with van der Waals surface area (Å²) in [6.07, 6.45) is 3.15. The normalized spacial score (nSPS) is 12.5. The van der Waals surface area contributed by atoms with Crippen molar-refractivity contribution in [1.29, 1.82) is 0 Å². The first kappa shape index (κ1) is 16.8. The molecule has 1 amide bonds. The number of thiophene rings is 1. The zero-order valence-electron chi connectivity index (χ0n) is 12.9. The smallest absolute Gasteiger partial charge is 0.272 e. The Morgan fingerprint density at radius 1 is 1.38 bits per heavy atom. The molecule has 7 heteroatoms. The Kier molecular flexibility index (Phi) is 5.34. The fourth-order valence-electron chi connectivity index (χ4n) is 2.23. The fraction of sp³-hybridized carbons (Fsp3) is 0.176. The molecule has 3 rings (SSSR count). The van der Waals surface area contributed by atoms with Crippen molar-refractivity contribution in [3.8, 4) is 0 Å². The molecule has 0 aliphatic heterocycles. The number of hydrogen-bond acceptors (Lipinski definition) is 4. The summed E-state index contributed by atoms with van der Waals surface area (Å²) in [5.74, 6) is -0.704. The molecular formula is C17H15FN2O2S2. The molecule has 124 valence electrons. The third-order valence-electron chi connectivity index (χ3n) is 3.31. The first-order valence-corrected chi connectivity index (χ1v) is 8.95. The van der Waals surface area contributed by atoms with E-state index in [9.17, 15) is 9.18 Å². The molecular weight excluding hydrogens is 347 g/mol. The van der Waals surface area contributed by atoms with Gasteiger partial charge in [-0.3, -0.25) is 4.79 Å². The standard InChI is InChI=1S/C17H15FN2O2S2/c1-22-10-9-20-16-13(18)5-2-6-14(16)24-17(20)19-15(21)8-7-12-4-3-11-23-12/h2-8,11H,9-10H2,1H3. The Balaban J connectivity index is 2.00. The number of amides is 1. The lowest BCUT2D eigenvalue weighted by atomic mass is 10.3. The second kappa shape index (κ2) is 7.65. The third-order valence-corrected chi connectivity index (χ3v) is 5.19. The van der Waals surface area contributed by atoms with Crippen LogP contribution in [0.4, 0.5) is 4.39 Å². The highest BCUT2D eigenvalue weighted by atomic mass is 32.1. The summed E-state index contributed by atoms with van der Waals surface area (Å²) in [6, 6.07) is 8.70. The third kappa shape index (κ3) is 3.69. The molecule has 2 aromatic heterocycles. The van der Waals surface area contributed by atoms with E-state index in [0.29, 0.717) is 23.5 Å². The van der Waals surface area contributed by atoms with Crippen molar-refractivity contribution in [1.82, 2.24) is 4.57 Å². The average molecular weight is 362 g/mol. The van der Waals surface area contributed by atoms with E-state index in [-0.39, 0.29) is 11.7 Å². The Morgan fingerprint density at radius 2 is 2.25 bits per heavy atom. The van der Waals surface area contributed by atoms with Crippen molar-refractivity contribution in [2.24, 2.45) is 4.99 Å². The number of carbonyl (C=O) groups excluding carboxylic acids is 1. The molecule has 24 heavy (non-hydrogen) atoms. The largest absolute Gasteiger partial charge is 0.383 e. The molecule has 3 aromatic rings. The molecule has 0 atom stereocenters. The van der Waals surface area contributed by atoms with E-state index in [1.54, 1.807) is 35.2 Å². The van der Waals surface area contributed by atoms with Gasteiger partial charge in [-0.15, -0.1) is 11.3 Å². The Bertz CT molecular complexity index is 939. The Labute approximate surface area is 146 Å². The topological polar surface area (TPSA) is 43.6 Å². The van der Waals surface area contributed by atoms with Crippen molar-refractivity contribution >= 4 is 44.9 Å². The number of ether oxygens (including phenoxy) is 1. The molecule has 0 unspecified atom stereocenters. The highest BCUT2D eigenvalue weighted by molar-refractivity contribution is 7.16. The minimum atomic E-state index is -0.374. The number of carbonyl (C=O) groups is 1. The van der Waals surface area contributed by atoms with E-state index in [1.165, 1.54) is 23.5 Å². The van der Waals surface area contributed by atoms with Gasteiger partial charge in [0.15, 0.2) is 4.80 Å². The van der Waals surface area contributed by atoms with Crippen LogP contribution in [-0.2, 0) is 16.1 Å². The number of benzene rings is 1. The lowest BCUT2D eigenvalue weighted by molar-refractivity contribution is -0.113. The van der Waals surface area contributed by atoms with Gasteiger partial charge >= 0.3 is 0 Å². The van der Waals surface area contributed by atoms with Gasteiger partial charge in [-0.05, 0) is 29.7 Å². The van der Waals surface area contributed by atoms with Crippen LogP contribution in [0.5, 0.6) is 0 Å². The molecule has 0 spiro atoms. The number of halogens is 1. The highest BCUT2D eigenvalue weighted by Gasteiger charge is 2.11. The monoisotopic (exact) mass is 362 g/mol. The van der Waals surface area contributed by atoms with Crippen LogP contribution in [0.2, 0.25) is 0 Å². The maximum Gasteiger partial charge on any atom is 0.272 e. The number of fused-ring (bicyclic) bond motifs is 1. The summed E-state index contributed by atoms with van der Waals surface area (Å²) >= 11 is 2.83. The lowest BCUT2D eigenvalue weighted by Crippen LogP contribution is -2.19. The van der Waals surface area contributed by atoms with Gasteiger partial charge in [-0.1, -0.05) is 23.5 Å². The lowest BCUT2D eigenvalue weighted by Gasteiger charge is -2.04. The van der Waals surface area contributed by atoms with E-state index in [0.717, 1.165) is 9.58 Å². The van der Waals surface area contributed by atoms with Crippen molar-refractivity contribution in [3.05, 3.63) is 57.3 Å². The summed E-state index contributed by atoms with van der Waals surface area (Å²) in [7, 11) is 1.58. The van der Waals surface area contributed by atoms with Crippen LogP contribution in [0.25, 0.3) is 16.3 Å². The van der Waals surface area contributed by atoms with E-state index in [2.05, 4.69) is 4.99 Å². The van der Waals surface area contributed by atoms with Gasteiger partial charge in [0.2, 0.25) is 0 Å². The predicted octanol–water partition coefficient (Wildman–Crippen LogP) is 3.69. The molecule has 0 aliphatic rings. The molecule has 0 saturated carbocycles. The molecule has 0 N–H and O–H groups in total. The van der Waals surface area contributed by atoms with Crippen LogP contribution in [0.3, 0.4) is 0 Å². The van der Waals surface area contributed by atoms with Gasteiger partial charge in [0.05, 0.1) is 16.8 Å². The van der Waals surface area contributed by atoms with Gasteiger partial charge in [-0.25, -0.2) is 4.39 Å². The zero-order valence-corrected chi connectivity index (χ0v) is 14.6. The van der Waals surface area contributed by atoms with Gasteiger partial charge in [-0.2, -0.15) is 4.99 Å². The number of rotatable bonds is 5. The van der Waals surface area contributed by atoms with Crippen molar-refractivity contribution in [3.63, 3.8) is 0 Å².